The highest BCUT2D eigenvalue weighted by Gasteiger charge is 2.17. The predicted molar refractivity (Wildman–Crippen MR) is 86.4 cm³/mol. The largest absolute Gasteiger partial charge is 0.463 e. The van der Waals surface area contributed by atoms with Gasteiger partial charge in [-0.15, -0.1) is 0 Å². The van der Waals surface area contributed by atoms with Gasteiger partial charge in [-0.2, -0.15) is 0 Å². The molecule has 1 atom stereocenters. The quantitative estimate of drug-likeness (QED) is 0.465. The highest BCUT2D eigenvalue weighted by atomic mass is 16.5. The molecule has 0 saturated heterocycles. The number of hydrogen-bond acceptors (Lipinski definition) is 6. The zero-order valence-electron chi connectivity index (χ0n) is 13.7. The van der Waals surface area contributed by atoms with Crippen LogP contribution in [0.2, 0.25) is 0 Å². The van der Waals surface area contributed by atoms with Gasteiger partial charge in [-0.3, -0.25) is 9.59 Å². The van der Waals surface area contributed by atoms with Crippen LogP contribution in [0.4, 0.5) is 5.69 Å². The topological polar surface area (TPSA) is 98.8 Å². The maximum atomic E-state index is 12.0. The molecular formula is C17H19NO6. The molecule has 1 rings (SSSR count). The molecule has 24 heavy (non-hydrogen) atoms. The van der Waals surface area contributed by atoms with Crippen LogP contribution in [0.1, 0.15) is 31.1 Å². The van der Waals surface area contributed by atoms with Crippen molar-refractivity contribution < 1.29 is 28.7 Å². The minimum atomic E-state index is -1.08. The fourth-order valence-corrected chi connectivity index (χ4v) is 1.65. The number of benzene rings is 1. The number of Topliss-reactive ketones (excluding diaryl/α,β-unsaturated/α-hetero) is 1. The number of ketones is 1. The van der Waals surface area contributed by atoms with Crippen molar-refractivity contribution in [2.45, 2.75) is 26.9 Å². The minimum Gasteiger partial charge on any atom is -0.463 e. The van der Waals surface area contributed by atoms with E-state index in [0.29, 0.717) is 11.3 Å². The van der Waals surface area contributed by atoms with Crippen LogP contribution in [-0.4, -0.2) is 36.3 Å². The van der Waals surface area contributed by atoms with Crippen LogP contribution < -0.4 is 5.32 Å². The first-order chi connectivity index (χ1) is 11.3. The summed E-state index contributed by atoms with van der Waals surface area (Å²) in [6, 6.07) is 6.39. The Labute approximate surface area is 139 Å². The predicted octanol–water partition coefficient (Wildman–Crippen LogP) is 1.88. The van der Waals surface area contributed by atoms with E-state index < -0.39 is 23.9 Å². The number of ether oxygens (including phenoxy) is 2. The Bertz CT molecular complexity index is 665. The SMILES string of the molecule is CCOC(=O)/C=C/C(=O)O[C@@H](C)C(=O)Nc1cccc(C(C)=O)c1. The number of nitrogens with one attached hydrogen (secondary N) is 1. The molecule has 1 N–H and O–H groups in total. The Morgan fingerprint density at radius 3 is 2.46 bits per heavy atom. The normalized spacial score (nSPS) is 11.6. The van der Waals surface area contributed by atoms with E-state index in [9.17, 15) is 19.2 Å². The van der Waals surface area contributed by atoms with Crippen LogP contribution in [0.25, 0.3) is 0 Å². The summed E-state index contributed by atoms with van der Waals surface area (Å²) in [5.41, 5.74) is 0.868. The molecule has 0 bridgehead atoms. The van der Waals surface area contributed by atoms with Crippen molar-refractivity contribution in [3.63, 3.8) is 0 Å². The molecular weight excluding hydrogens is 314 g/mol. The molecule has 0 aromatic heterocycles. The Balaban J connectivity index is 2.59. The van der Waals surface area contributed by atoms with Gasteiger partial charge in [-0.1, -0.05) is 12.1 Å². The summed E-state index contributed by atoms with van der Waals surface area (Å²) in [7, 11) is 0. The molecule has 1 amide bonds. The Morgan fingerprint density at radius 1 is 1.17 bits per heavy atom. The van der Waals surface area contributed by atoms with Crippen molar-refractivity contribution in [1.29, 1.82) is 0 Å². The van der Waals surface area contributed by atoms with E-state index in [2.05, 4.69) is 10.1 Å². The summed E-state index contributed by atoms with van der Waals surface area (Å²) < 4.78 is 9.49. The molecule has 128 valence electrons. The second kappa shape index (κ2) is 9.24. The molecule has 1 aromatic carbocycles. The second-order valence-corrected chi connectivity index (χ2v) is 4.79. The second-order valence-electron chi connectivity index (χ2n) is 4.79. The lowest BCUT2D eigenvalue weighted by atomic mass is 10.1. The molecule has 7 nitrogen and oxygen atoms in total. The summed E-state index contributed by atoms with van der Waals surface area (Å²) in [6.45, 7) is 4.63. The number of anilines is 1. The number of esters is 2. The van der Waals surface area contributed by atoms with Gasteiger partial charge in [-0.05, 0) is 32.9 Å². The van der Waals surface area contributed by atoms with Crippen LogP contribution in [0.3, 0.4) is 0 Å². The summed E-state index contributed by atoms with van der Waals surface area (Å²) in [6.07, 6.45) is 0.732. The average Bonchev–Trinajstić information content (AvgIpc) is 2.53. The van der Waals surface area contributed by atoms with E-state index >= 15 is 0 Å². The zero-order valence-corrected chi connectivity index (χ0v) is 13.7. The molecule has 1 aromatic rings. The van der Waals surface area contributed by atoms with Crippen molar-refractivity contribution >= 4 is 29.3 Å². The number of carbonyl (C=O) groups is 4. The molecule has 0 spiro atoms. The molecule has 0 aliphatic heterocycles. The number of carbonyl (C=O) groups excluding carboxylic acids is 4. The van der Waals surface area contributed by atoms with E-state index in [0.717, 1.165) is 12.2 Å². The molecule has 0 unspecified atom stereocenters. The van der Waals surface area contributed by atoms with Crippen LogP contribution in [-0.2, 0) is 23.9 Å². The molecule has 0 radical (unpaired) electrons. The number of amides is 1. The van der Waals surface area contributed by atoms with Gasteiger partial charge in [-0.25, -0.2) is 9.59 Å². The van der Waals surface area contributed by atoms with Crippen LogP contribution in [0.5, 0.6) is 0 Å². The van der Waals surface area contributed by atoms with Crippen LogP contribution >= 0.6 is 0 Å². The van der Waals surface area contributed by atoms with Gasteiger partial charge in [0.15, 0.2) is 11.9 Å². The lowest BCUT2D eigenvalue weighted by molar-refractivity contribution is -0.148. The molecule has 0 heterocycles. The Kier molecular flexibility index (Phi) is 7.35. The lowest BCUT2D eigenvalue weighted by Crippen LogP contribution is -2.29. The highest BCUT2D eigenvalue weighted by Crippen LogP contribution is 2.12. The summed E-state index contributed by atoms with van der Waals surface area (Å²) in [5, 5.41) is 2.54. The Morgan fingerprint density at radius 2 is 1.83 bits per heavy atom. The van der Waals surface area contributed by atoms with Gasteiger partial charge in [0.1, 0.15) is 0 Å². The van der Waals surface area contributed by atoms with E-state index in [-0.39, 0.29) is 12.4 Å². The zero-order chi connectivity index (χ0) is 18.1. The maximum Gasteiger partial charge on any atom is 0.331 e. The summed E-state index contributed by atoms with van der Waals surface area (Å²) in [5.74, 6) is -2.21. The van der Waals surface area contributed by atoms with Gasteiger partial charge < -0.3 is 14.8 Å². The van der Waals surface area contributed by atoms with Gasteiger partial charge in [0, 0.05) is 23.4 Å². The minimum absolute atomic E-state index is 0.130. The monoisotopic (exact) mass is 333 g/mol. The molecule has 7 heteroatoms. The van der Waals surface area contributed by atoms with Crippen LogP contribution in [0.15, 0.2) is 36.4 Å². The van der Waals surface area contributed by atoms with E-state index in [4.69, 9.17) is 4.74 Å². The summed E-state index contributed by atoms with van der Waals surface area (Å²) in [4.78, 5) is 45.9. The van der Waals surface area contributed by atoms with Crippen molar-refractivity contribution in [2.75, 3.05) is 11.9 Å². The first-order valence-corrected chi connectivity index (χ1v) is 7.30. The first-order valence-electron chi connectivity index (χ1n) is 7.30. The number of rotatable bonds is 7. The van der Waals surface area contributed by atoms with Gasteiger partial charge in [0.25, 0.3) is 5.91 Å². The van der Waals surface area contributed by atoms with E-state index in [1.165, 1.54) is 19.9 Å². The fraction of sp³-hybridized carbons (Fsp3) is 0.294. The highest BCUT2D eigenvalue weighted by molar-refractivity contribution is 5.99. The third-order valence-electron chi connectivity index (χ3n) is 2.84. The van der Waals surface area contributed by atoms with Crippen molar-refractivity contribution in [3.05, 3.63) is 42.0 Å². The van der Waals surface area contributed by atoms with Crippen molar-refractivity contribution in [2.24, 2.45) is 0 Å². The molecule has 0 fully saturated rings. The standard InChI is InChI=1S/C17H19NO6/c1-4-23-15(20)8-9-16(21)24-12(3)17(22)18-14-7-5-6-13(10-14)11(2)19/h5-10,12H,4H2,1-3H3,(H,18,22)/b9-8+/t12-/m0/s1. The van der Waals surface area contributed by atoms with E-state index in [1.807, 2.05) is 0 Å². The third-order valence-corrected chi connectivity index (χ3v) is 2.84. The van der Waals surface area contributed by atoms with Gasteiger partial charge >= 0.3 is 11.9 Å². The third kappa shape index (κ3) is 6.43. The molecule has 0 aliphatic carbocycles. The number of hydrogen-bond donors (Lipinski definition) is 1. The Hall–Kier alpha value is -2.96. The van der Waals surface area contributed by atoms with E-state index in [1.54, 1.807) is 25.1 Å². The maximum absolute atomic E-state index is 12.0. The lowest BCUT2D eigenvalue weighted by Gasteiger charge is -2.12. The molecule has 0 saturated carbocycles. The fourth-order valence-electron chi connectivity index (χ4n) is 1.65. The van der Waals surface area contributed by atoms with Crippen LogP contribution in [0, 0.1) is 0 Å². The van der Waals surface area contributed by atoms with Gasteiger partial charge in [0.2, 0.25) is 0 Å². The first kappa shape index (κ1) is 19.1. The van der Waals surface area contributed by atoms with Crippen molar-refractivity contribution in [1.82, 2.24) is 0 Å². The van der Waals surface area contributed by atoms with Crippen molar-refractivity contribution in [3.8, 4) is 0 Å². The van der Waals surface area contributed by atoms with Gasteiger partial charge in [0.05, 0.1) is 6.61 Å². The summed E-state index contributed by atoms with van der Waals surface area (Å²) >= 11 is 0. The smallest absolute Gasteiger partial charge is 0.331 e. The average molecular weight is 333 g/mol. The molecule has 0 aliphatic rings.